The number of allylic oxidation sites excluding steroid dienone is 1. The van der Waals surface area contributed by atoms with E-state index in [9.17, 15) is 0 Å². The Kier molecular flexibility index (Phi) is 6.88. The molecule has 2 atom stereocenters. The van der Waals surface area contributed by atoms with Gasteiger partial charge < -0.3 is 23.9 Å². The van der Waals surface area contributed by atoms with Gasteiger partial charge in [-0.15, -0.1) is 11.3 Å². The van der Waals surface area contributed by atoms with Gasteiger partial charge in [-0.1, -0.05) is 39.0 Å². The average Bonchev–Trinajstić information content (AvgIpc) is 3.50. The second-order valence-electron chi connectivity index (χ2n) is 12.5. The van der Waals surface area contributed by atoms with E-state index in [0.717, 1.165) is 49.7 Å². The zero-order chi connectivity index (χ0) is 27.4. The van der Waals surface area contributed by atoms with E-state index in [4.69, 9.17) is 14.2 Å². The van der Waals surface area contributed by atoms with Crippen LogP contribution in [0.4, 0.5) is 0 Å². The topological polar surface area (TPSA) is 66.0 Å². The maximum Gasteiger partial charge on any atom is 0.192 e. The Morgan fingerprint density at radius 3 is 2.82 bits per heavy atom. The fourth-order valence-corrected chi connectivity index (χ4v) is 7.68. The predicted octanol–water partition coefficient (Wildman–Crippen LogP) is 6.40. The summed E-state index contributed by atoms with van der Waals surface area (Å²) >= 11 is 1.74. The lowest BCUT2D eigenvalue weighted by Gasteiger charge is -2.48. The number of nitrogens with one attached hydrogen (secondary N) is 1. The first kappa shape index (κ1) is 26.6. The first-order chi connectivity index (χ1) is 18.6. The highest BCUT2D eigenvalue weighted by Gasteiger charge is 2.41. The summed E-state index contributed by atoms with van der Waals surface area (Å²) in [5.41, 5.74) is 4.06. The lowest BCUT2D eigenvalue weighted by molar-refractivity contribution is 0.0432. The molecule has 6 rings (SSSR count). The summed E-state index contributed by atoms with van der Waals surface area (Å²) in [5, 5.41) is 2.61. The second-order valence-corrected chi connectivity index (χ2v) is 18.6. The van der Waals surface area contributed by atoms with Crippen LogP contribution in [-0.2, 0) is 22.0 Å². The van der Waals surface area contributed by atoms with E-state index in [1.165, 1.54) is 32.9 Å². The minimum absolute atomic E-state index is 0.0998. The van der Waals surface area contributed by atoms with E-state index in [2.05, 4.69) is 84.8 Å². The van der Waals surface area contributed by atoms with Gasteiger partial charge in [0.2, 0.25) is 0 Å². The molecule has 3 aromatic rings. The molecule has 2 aliphatic heterocycles. The number of para-hydroxylation sites is 1. The Morgan fingerprint density at radius 2 is 2.05 bits per heavy atom. The number of fused-ring (bicyclic) bond motifs is 3. The third-order valence-corrected chi connectivity index (χ3v) is 14.5. The molecule has 4 heterocycles. The maximum absolute atomic E-state index is 6.63. The molecule has 0 bridgehead atoms. The standard InChI is InChI=1S/C30H41N5O2SSi/c1-20-31-19-27(38-20)28-32-18-26-29(34(13-15-36-26)14-16-37-39(5,6)30(2,3)4)35(28)21-11-12-25-23(17-21)22-9-7-8-10-24(22)33-25/h7-10,18-19,21,28,33H,11-17H2,1-6H3/t21-,28?/m1/s1. The Balaban J connectivity index is 1.33. The Hall–Kier alpha value is -2.62. The maximum atomic E-state index is 6.63. The van der Waals surface area contributed by atoms with E-state index < -0.39 is 8.32 Å². The van der Waals surface area contributed by atoms with Crippen LogP contribution in [0.15, 0.2) is 47.0 Å². The Bertz CT molecular complexity index is 1420. The van der Waals surface area contributed by atoms with Crippen LogP contribution < -0.4 is 0 Å². The second kappa shape index (κ2) is 10.1. The largest absolute Gasteiger partial charge is 0.486 e. The quantitative estimate of drug-likeness (QED) is 0.352. The highest BCUT2D eigenvalue weighted by atomic mass is 32.1. The molecule has 0 saturated heterocycles. The van der Waals surface area contributed by atoms with E-state index >= 15 is 0 Å². The summed E-state index contributed by atoms with van der Waals surface area (Å²) in [7, 11) is -1.83. The van der Waals surface area contributed by atoms with Crippen LogP contribution in [0, 0.1) is 6.92 Å². The summed E-state index contributed by atoms with van der Waals surface area (Å²) < 4.78 is 12.9. The van der Waals surface area contributed by atoms with Crippen LogP contribution in [0.1, 0.15) is 54.5 Å². The number of ether oxygens (including phenoxy) is 1. The van der Waals surface area contributed by atoms with Gasteiger partial charge >= 0.3 is 0 Å². The molecule has 2 aromatic heterocycles. The number of aromatic amines is 1. The van der Waals surface area contributed by atoms with Crippen molar-refractivity contribution < 1.29 is 9.16 Å². The van der Waals surface area contributed by atoms with Crippen LogP contribution in [0.2, 0.25) is 18.1 Å². The van der Waals surface area contributed by atoms with Crippen molar-refractivity contribution in [3.05, 3.63) is 63.2 Å². The number of H-pyrrole nitrogens is 1. The molecular weight excluding hydrogens is 523 g/mol. The van der Waals surface area contributed by atoms with E-state index in [0.29, 0.717) is 12.6 Å². The number of benzene rings is 1. The van der Waals surface area contributed by atoms with Gasteiger partial charge in [0.15, 0.2) is 26.1 Å². The van der Waals surface area contributed by atoms with Crippen molar-refractivity contribution in [1.82, 2.24) is 19.8 Å². The van der Waals surface area contributed by atoms with Crippen LogP contribution in [0.25, 0.3) is 10.9 Å². The molecule has 0 amide bonds. The van der Waals surface area contributed by atoms with Crippen molar-refractivity contribution in [3.63, 3.8) is 0 Å². The van der Waals surface area contributed by atoms with Gasteiger partial charge in [0.05, 0.1) is 29.3 Å². The van der Waals surface area contributed by atoms with Gasteiger partial charge in [0.1, 0.15) is 6.61 Å². The summed E-state index contributed by atoms with van der Waals surface area (Å²) in [6.45, 7) is 16.7. The molecule has 0 spiro atoms. The molecule has 1 aromatic carbocycles. The van der Waals surface area contributed by atoms with Gasteiger partial charge in [-0.05, 0) is 55.9 Å². The SMILES string of the molecule is Cc1ncc(C2N=CC3=C(N(CCO[Si](C)(C)C(C)(C)C)CCO3)N2[C@@H]2CCc3[nH]c4ccccc4c3C2)s1. The fourth-order valence-electron chi connectivity index (χ4n) is 5.82. The normalized spacial score (nSPS) is 21.8. The lowest BCUT2D eigenvalue weighted by Crippen LogP contribution is -2.51. The first-order valence-corrected chi connectivity index (χ1v) is 17.9. The van der Waals surface area contributed by atoms with Crippen molar-refractivity contribution in [3.8, 4) is 0 Å². The number of aryl methyl sites for hydroxylation is 2. The molecule has 1 N–H and O–H groups in total. The molecule has 0 saturated carbocycles. The molecule has 1 aliphatic carbocycles. The molecule has 208 valence electrons. The molecule has 3 aliphatic rings. The van der Waals surface area contributed by atoms with Crippen LogP contribution >= 0.6 is 11.3 Å². The predicted molar refractivity (Wildman–Crippen MR) is 162 cm³/mol. The fraction of sp³-hybridized carbons (Fsp3) is 0.533. The first-order valence-electron chi connectivity index (χ1n) is 14.2. The summed E-state index contributed by atoms with van der Waals surface area (Å²) in [6.07, 6.45) is 6.93. The van der Waals surface area contributed by atoms with Crippen molar-refractivity contribution >= 4 is 36.8 Å². The number of hydrogen-bond acceptors (Lipinski definition) is 7. The number of aliphatic imine (C=N–C) groups is 1. The van der Waals surface area contributed by atoms with Gasteiger partial charge in [0.25, 0.3) is 0 Å². The molecule has 39 heavy (non-hydrogen) atoms. The Labute approximate surface area is 237 Å². The number of hydrogen-bond donors (Lipinski definition) is 1. The monoisotopic (exact) mass is 563 g/mol. The van der Waals surface area contributed by atoms with E-state index in [1.807, 2.05) is 12.4 Å². The molecule has 7 nitrogen and oxygen atoms in total. The third kappa shape index (κ3) is 4.93. The average molecular weight is 564 g/mol. The van der Waals surface area contributed by atoms with E-state index in [-0.39, 0.29) is 11.2 Å². The Morgan fingerprint density at radius 1 is 1.23 bits per heavy atom. The van der Waals surface area contributed by atoms with Crippen molar-refractivity contribution in [2.24, 2.45) is 4.99 Å². The summed E-state index contributed by atoms with van der Waals surface area (Å²) in [6, 6.07) is 9.01. The molecule has 1 unspecified atom stereocenters. The number of rotatable bonds is 6. The van der Waals surface area contributed by atoms with Gasteiger partial charge in [-0.2, -0.15) is 0 Å². The smallest absolute Gasteiger partial charge is 0.192 e. The summed E-state index contributed by atoms with van der Waals surface area (Å²) in [4.78, 5) is 19.6. The van der Waals surface area contributed by atoms with Crippen molar-refractivity contribution in [2.45, 2.75) is 77.3 Å². The molecular formula is C30H41N5O2SSi. The minimum Gasteiger partial charge on any atom is -0.486 e. The zero-order valence-electron chi connectivity index (χ0n) is 24.1. The third-order valence-electron chi connectivity index (χ3n) is 8.97. The molecule has 0 radical (unpaired) electrons. The van der Waals surface area contributed by atoms with Gasteiger partial charge in [-0.3, -0.25) is 4.99 Å². The molecule has 0 fully saturated rings. The van der Waals surface area contributed by atoms with Gasteiger partial charge in [0, 0.05) is 35.4 Å². The van der Waals surface area contributed by atoms with Crippen molar-refractivity contribution in [2.75, 3.05) is 26.3 Å². The number of aromatic nitrogens is 2. The zero-order valence-corrected chi connectivity index (χ0v) is 25.9. The van der Waals surface area contributed by atoms with Crippen molar-refractivity contribution in [1.29, 1.82) is 0 Å². The highest BCUT2D eigenvalue weighted by Crippen LogP contribution is 2.42. The van der Waals surface area contributed by atoms with E-state index in [1.54, 1.807) is 11.3 Å². The summed E-state index contributed by atoms with van der Waals surface area (Å²) in [5.74, 6) is 2.05. The molecule has 9 heteroatoms. The van der Waals surface area contributed by atoms with Crippen LogP contribution in [-0.4, -0.2) is 66.6 Å². The lowest BCUT2D eigenvalue weighted by atomic mass is 9.89. The minimum atomic E-state index is -1.83. The number of thiazole rings is 1. The number of nitrogens with zero attached hydrogens (tertiary/aromatic N) is 4. The van der Waals surface area contributed by atoms with Gasteiger partial charge in [-0.25, -0.2) is 4.98 Å². The highest BCUT2D eigenvalue weighted by molar-refractivity contribution is 7.11. The van der Waals surface area contributed by atoms with Crippen LogP contribution in [0.3, 0.4) is 0 Å². The van der Waals surface area contributed by atoms with Crippen LogP contribution in [0.5, 0.6) is 0 Å².